The van der Waals surface area contributed by atoms with Crippen molar-refractivity contribution in [2.45, 2.75) is 44.9 Å². The number of hydrogen-bond donors (Lipinski definition) is 2. The highest BCUT2D eigenvalue weighted by molar-refractivity contribution is 5.94. The molecular weight excluding hydrogens is 471 g/mol. The van der Waals surface area contributed by atoms with E-state index in [1.807, 2.05) is 27.9 Å². The Labute approximate surface area is 206 Å². The number of pyridine rings is 2. The third-order valence-electron chi connectivity index (χ3n) is 7.81. The molecule has 2 N–H and O–H groups in total. The summed E-state index contributed by atoms with van der Waals surface area (Å²) in [6, 6.07) is 3.81. The zero-order chi connectivity index (χ0) is 24.9. The maximum atomic E-state index is 13.3. The first kappa shape index (κ1) is 23.4. The van der Waals surface area contributed by atoms with Crippen LogP contribution in [-0.4, -0.2) is 62.9 Å². The van der Waals surface area contributed by atoms with Gasteiger partial charge >= 0.3 is 6.18 Å². The molecule has 0 aromatic carbocycles. The van der Waals surface area contributed by atoms with Crippen LogP contribution in [0.4, 0.5) is 19.0 Å². The third kappa shape index (κ3) is 4.34. The summed E-state index contributed by atoms with van der Waals surface area (Å²) in [5.74, 6) is 0.0866. The number of piperidine rings is 1. The summed E-state index contributed by atoms with van der Waals surface area (Å²) in [7, 11) is 0. The number of carbonyl (C=O) groups excluding carboxylic acids is 1. The Kier molecular flexibility index (Phi) is 5.71. The Bertz CT molecular complexity index is 1290. The van der Waals surface area contributed by atoms with Gasteiger partial charge in [0.1, 0.15) is 5.82 Å². The van der Waals surface area contributed by atoms with Crippen molar-refractivity contribution < 1.29 is 18.0 Å². The summed E-state index contributed by atoms with van der Waals surface area (Å²) in [5.41, 5.74) is 1.37. The average molecular weight is 500 g/mol. The van der Waals surface area contributed by atoms with Gasteiger partial charge in [-0.3, -0.25) is 14.5 Å². The van der Waals surface area contributed by atoms with Gasteiger partial charge in [0.25, 0.3) is 0 Å². The summed E-state index contributed by atoms with van der Waals surface area (Å²) in [6.45, 7) is 3.50. The van der Waals surface area contributed by atoms with Crippen molar-refractivity contribution in [3.8, 4) is 11.3 Å². The van der Waals surface area contributed by atoms with E-state index in [1.165, 1.54) is 0 Å². The molecule has 0 bridgehead atoms. The zero-order valence-corrected chi connectivity index (χ0v) is 19.8. The zero-order valence-electron chi connectivity index (χ0n) is 19.8. The molecule has 0 unspecified atom stereocenters. The Morgan fingerprint density at radius 3 is 2.61 bits per heavy atom. The number of aromatic nitrogens is 4. The highest BCUT2D eigenvalue weighted by Gasteiger charge is 2.63. The van der Waals surface area contributed by atoms with Gasteiger partial charge in [-0.1, -0.05) is 0 Å². The lowest BCUT2D eigenvalue weighted by Gasteiger charge is -2.34. The van der Waals surface area contributed by atoms with Crippen LogP contribution in [0.2, 0.25) is 0 Å². The normalized spacial score (nSPS) is 20.3. The standard InChI is InChI=1S/C25H28F3N7O/c26-25(27,28)24(3-4-24)15-34-6-1-16(2-7-34)23(36)33-22-10-17-9-20(30-11-18(17)12-31-22)19-13-32-35-8-5-29-14-21(19)35/h9-13,16,29H,1-8,14-15H2,(H,31,33,36). The first-order chi connectivity index (χ1) is 17.3. The number of carbonyl (C=O) groups is 1. The highest BCUT2D eigenvalue weighted by Crippen LogP contribution is 2.58. The lowest BCUT2D eigenvalue weighted by molar-refractivity contribution is -0.192. The second-order valence-corrected chi connectivity index (χ2v) is 10.2. The van der Waals surface area contributed by atoms with E-state index < -0.39 is 11.6 Å². The fourth-order valence-electron chi connectivity index (χ4n) is 5.34. The monoisotopic (exact) mass is 499 g/mol. The molecule has 2 fully saturated rings. The largest absolute Gasteiger partial charge is 0.395 e. The molecule has 1 aliphatic carbocycles. The molecule has 0 atom stereocenters. The van der Waals surface area contributed by atoms with Gasteiger partial charge in [0.2, 0.25) is 5.91 Å². The van der Waals surface area contributed by atoms with E-state index in [0.717, 1.165) is 47.4 Å². The Morgan fingerprint density at radius 1 is 1.08 bits per heavy atom. The van der Waals surface area contributed by atoms with Gasteiger partial charge in [0.15, 0.2) is 0 Å². The minimum Gasteiger partial charge on any atom is -0.310 e. The van der Waals surface area contributed by atoms with Crippen LogP contribution in [0.15, 0.2) is 30.7 Å². The minimum absolute atomic E-state index is 0.0458. The predicted octanol–water partition coefficient (Wildman–Crippen LogP) is 3.59. The van der Waals surface area contributed by atoms with Gasteiger partial charge in [-0.2, -0.15) is 18.3 Å². The quantitative estimate of drug-likeness (QED) is 0.558. The number of anilines is 1. The number of alkyl halides is 3. The van der Waals surface area contributed by atoms with E-state index in [9.17, 15) is 18.0 Å². The molecule has 2 aliphatic heterocycles. The van der Waals surface area contributed by atoms with Crippen LogP contribution in [0.3, 0.4) is 0 Å². The maximum Gasteiger partial charge on any atom is 0.395 e. The van der Waals surface area contributed by atoms with Crippen molar-refractivity contribution in [2.24, 2.45) is 11.3 Å². The maximum absolute atomic E-state index is 13.3. The number of halogens is 3. The lowest BCUT2D eigenvalue weighted by Crippen LogP contribution is -2.44. The summed E-state index contributed by atoms with van der Waals surface area (Å²) in [5, 5.41) is 12.5. The van der Waals surface area contributed by atoms with Gasteiger partial charge < -0.3 is 15.5 Å². The molecule has 3 aromatic rings. The number of nitrogens with zero attached hydrogens (tertiary/aromatic N) is 5. The predicted molar refractivity (Wildman–Crippen MR) is 128 cm³/mol. The number of fused-ring (bicyclic) bond motifs is 2. The van der Waals surface area contributed by atoms with E-state index in [2.05, 4.69) is 25.7 Å². The third-order valence-corrected chi connectivity index (χ3v) is 7.81. The fraction of sp³-hybridized carbons (Fsp3) is 0.520. The number of likely N-dealkylation sites (tertiary alicyclic amines) is 1. The van der Waals surface area contributed by atoms with Crippen molar-refractivity contribution >= 4 is 22.5 Å². The molecule has 3 aliphatic rings. The average Bonchev–Trinajstić information content (AvgIpc) is 3.54. The smallest absolute Gasteiger partial charge is 0.310 e. The Hall–Kier alpha value is -3.05. The van der Waals surface area contributed by atoms with Gasteiger partial charge in [0, 0.05) is 48.9 Å². The van der Waals surface area contributed by atoms with Crippen LogP contribution in [-0.2, 0) is 17.9 Å². The number of amides is 1. The van der Waals surface area contributed by atoms with Gasteiger partial charge in [0.05, 0.1) is 29.5 Å². The molecular formula is C25H28F3N7O. The van der Waals surface area contributed by atoms with Gasteiger partial charge in [-0.15, -0.1) is 0 Å². The van der Waals surface area contributed by atoms with Crippen molar-refractivity contribution in [2.75, 3.05) is 31.5 Å². The first-order valence-electron chi connectivity index (χ1n) is 12.4. The SMILES string of the molecule is O=C(Nc1cc2cc(-c3cnn4c3CNCC4)ncc2cn1)C1CCN(CC2(C(F)(F)F)CC2)CC1. The molecule has 36 heavy (non-hydrogen) atoms. The molecule has 11 heteroatoms. The van der Waals surface area contributed by atoms with Gasteiger partial charge in [-0.05, 0) is 56.3 Å². The molecule has 1 saturated carbocycles. The van der Waals surface area contributed by atoms with Crippen LogP contribution >= 0.6 is 0 Å². The summed E-state index contributed by atoms with van der Waals surface area (Å²) >= 11 is 0. The van der Waals surface area contributed by atoms with Gasteiger partial charge in [-0.25, -0.2) is 4.98 Å². The van der Waals surface area contributed by atoms with E-state index in [-0.39, 0.29) is 31.2 Å². The fourth-order valence-corrected chi connectivity index (χ4v) is 5.34. The minimum atomic E-state index is -4.15. The summed E-state index contributed by atoms with van der Waals surface area (Å²) in [4.78, 5) is 23.7. The first-order valence-corrected chi connectivity index (χ1v) is 12.4. The topological polar surface area (TPSA) is 88.0 Å². The summed E-state index contributed by atoms with van der Waals surface area (Å²) < 4.78 is 41.8. The van der Waals surface area contributed by atoms with Crippen molar-refractivity contribution in [3.05, 3.63) is 36.4 Å². The number of hydrogen-bond acceptors (Lipinski definition) is 6. The van der Waals surface area contributed by atoms with E-state index in [0.29, 0.717) is 31.7 Å². The Morgan fingerprint density at radius 2 is 1.86 bits per heavy atom. The Balaban J connectivity index is 1.11. The van der Waals surface area contributed by atoms with Crippen LogP contribution in [0.25, 0.3) is 22.0 Å². The number of nitrogens with one attached hydrogen (secondary N) is 2. The molecule has 5 heterocycles. The molecule has 190 valence electrons. The van der Waals surface area contributed by atoms with Crippen LogP contribution in [0.1, 0.15) is 31.4 Å². The number of rotatable bonds is 5. The molecule has 0 radical (unpaired) electrons. The molecule has 1 amide bonds. The second kappa shape index (κ2) is 8.81. The van der Waals surface area contributed by atoms with Crippen LogP contribution in [0.5, 0.6) is 0 Å². The van der Waals surface area contributed by atoms with E-state index in [1.54, 1.807) is 12.4 Å². The molecule has 3 aromatic heterocycles. The van der Waals surface area contributed by atoms with E-state index >= 15 is 0 Å². The molecule has 0 spiro atoms. The highest BCUT2D eigenvalue weighted by atomic mass is 19.4. The van der Waals surface area contributed by atoms with Crippen molar-refractivity contribution in [1.82, 2.24) is 30.0 Å². The molecule has 6 rings (SSSR count). The lowest BCUT2D eigenvalue weighted by atomic mass is 9.94. The van der Waals surface area contributed by atoms with Crippen LogP contribution < -0.4 is 10.6 Å². The van der Waals surface area contributed by atoms with E-state index in [4.69, 9.17) is 0 Å². The van der Waals surface area contributed by atoms with Crippen molar-refractivity contribution in [3.63, 3.8) is 0 Å². The van der Waals surface area contributed by atoms with Crippen LogP contribution in [0, 0.1) is 11.3 Å². The second-order valence-electron chi connectivity index (χ2n) is 10.2. The molecule has 8 nitrogen and oxygen atoms in total. The summed E-state index contributed by atoms with van der Waals surface area (Å²) in [6.07, 6.45) is 2.66. The molecule has 1 saturated heterocycles. The van der Waals surface area contributed by atoms with Crippen molar-refractivity contribution in [1.29, 1.82) is 0 Å².